The highest BCUT2D eigenvalue weighted by atomic mass is 19.3. The van der Waals surface area contributed by atoms with E-state index in [4.69, 9.17) is 0 Å². The molecule has 1 aromatic rings. The zero-order chi connectivity index (χ0) is 20.5. The maximum Gasteiger partial charge on any atom is 0.264 e. The molecule has 1 unspecified atom stereocenters. The van der Waals surface area contributed by atoms with Crippen molar-refractivity contribution in [3.8, 4) is 0 Å². The van der Waals surface area contributed by atoms with E-state index in [1.165, 1.54) is 0 Å². The molecular weight excluding hydrogens is 372 g/mol. The quantitative estimate of drug-likeness (QED) is 0.667. The number of hydrogen-bond donors (Lipinski definition) is 1. The van der Waals surface area contributed by atoms with Gasteiger partial charge in [-0.05, 0) is 55.2 Å². The minimum Gasteiger partial charge on any atom is -0.326 e. The summed E-state index contributed by atoms with van der Waals surface area (Å²) in [5.74, 6) is -1.23. The Kier molecular flexibility index (Phi) is 6.32. The Bertz CT molecular complexity index is 694. The lowest BCUT2D eigenvalue weighted by Crippen LogP contribution is -2.59. The topological polar surface area (TPSA) is 32.3 Å². The van der Waals surface area contributed by atoms with E-state index in [9.17, 15) is 22.4 Å². The Morgan fingerprint density at radius 2 is 1.82 bits per heavy atom. The second kappa shape index (κ2) is 8.39. The number of carbonyl (C=O) groups is 1. The molecule has 156 valence electrons. The molecule has 2 aliphatic rings. The first kappa shape index (κ1) is 21.1. The third kappa shape index (κ3) is 4.85. The zero-order valence-corrected chi connectivity index (χ0v) is 16.4. The smallest absolute Gasteiger partial charge is 0.264 e. The second-order valence-corrected chi connectivity index (χ2v) is 8.77. The summed E-state index contributed by atoms with van der Waals surface area (Å²) in [7, 11) is 0. The molecule has 0 aromatic heterocycles. The Labute approximate surface area is 163 Å². The summed E-state index contributed by atoms with van der Waals surface area (Å²) in [5, 5.41) is 2.59. The lowest BCUT2D eigenvalue weighted by atomic mass is 9.65. The van der Waals surface area contributed by atoms with E-state index < -0.39 is 24.0 Å². The van der Waals surface area contributed by atoms with Gasteiger partial charge in [-0.15, -0.1) is 0 Å². The molecule has 1 aliphatic heterocycles. The van der Waals surface area contributed by atoms with Crippen molar-refractivity contribution < 1.29 is 22.4 Å². The lowest BCUT2D eigenvalue weighted by Gasteiger charge is -2.54. The zero-order valence-electron chi connectivity index (χ0n) is 16.4. The van der Waals surface area contributed by atoms with Gasteiger partial charge >= 0.3 is 0 Å². The first-order valence-electron chi connectivity index (χ1n) is 9.93. The number of nitrogens with zero attached hydrogens (tertiary/aromatic N) is 1. The summed E-state index contributed by atoms with van der Waals surface area (Å²) < 4.78 is 53.0. The maximum atomic E-state index is 13.9. The molecule has 0 radical (unpaired) electrons. The van der Waals surface area contributed by atoms with Crippen LogP contribution in [0.25, 0.3) is 0 Å². The molecule has 1 atom stereocenters. The van der Waals surface area contributed by atoms with Crippen LogP contribution < -0.4 is 5.32 Å². The van der Waals surface area contributed by atoms with Gasteiger partial charge in [-0.1, -0.05) is 13.8 Å². The highest BCUT2D eigenvalue weighted by molar-refractivity contribution is 5.92. The van der Waals surface area contributed by atoms with Gasteiger partial charge in [0.2, 0.25) is 5.91 Å². The van der Waals surface area contributed by atoms with Gasteiger partial charge in [-0.25, -0.2) is 17.6 Å². The van der Waals surface area contributed by atoms with Crippen LogP contribution in [0.3, 0.4) is 0 Å². The number of benzene rings is 1. The molecule has 1 spiro atoms. The molecule has 28 heavy (non-hydrogen) atoms. The van der Waals surface area contributed by atoms with Gasteiger partial charge < -0.3 is 5.32 Å². The van der Waals surface area contributed by atoms with Gasteiger partial charge in [0.05, 0.1) is 0 Å². The number of rotatable bonds is 6. The largest absolute Gasteiger partial charge is 0.326 e. The third-order valence-corrected chi connectivity index (χ3v) is 6.13. The monoisotopic (exact) mass is 400 g/mol. The summed E-state index contributed by atoms with van der Waals surface area (Å²) in [6, 6.07) is 2.94. The van der Waals surface area contributed by atoms with E-state index in [0.717, 1.165) is 44.1 Å². The fraction of sp³-hybridized carbons (Fsp3) is 0.667. The minimum atomic E-state index is -2.79. The summed E-state index contributed by atoms with van der Waals surface area (Å²) in [6.07, 6.45) is -0.400. The summed E-state index contributed by atoms with van der Waals surface area (Å²) in [6.45, 7) is 5.97. The van der Waals surface area contributed by atoms with E-state index in [2.05, 4.69) is 10.2 Å². The molecule has 1 saturated heterocycles. The van der Waals surface area contributed by atoms with Crippen LogP contribution >= 0.6 is 0 Å². The Balaban J connectivity index is 1.49. The van der Waals surface area contributed by atoms with E-state index in [0.29, 0.717) is 19.4 Å². The molecule has 3 rings (SSSR count). The maximum absolute atomic E-state index is 13.9. The van der Waals surface area contributed by atoms with Crippen molar-refractivity contribution >= 4 is 11.6 Å². The molecular formula is C21H28F4N2O. The normalized spacial score (nSPS) is 21.1. The van der Waals surface area contributed by atoms with Gasteiger partial charge in [0.25, 0.3) is 6.43 Å². The molecule has 1 heterocycles. The minimum absolute atomic E-state index is 0.0180. The van der Waals surface area contributed by atoms with Crippen LogP contribution in [0, 0.1) is 23.1 Å². The van der Waals surface area contributed by atoms with Crippen molar-refractivity contribution in [2.45, 2.75) is 52.1 Å². The van der Waals surface area contributed by atoms with Crippen LogP contribution in [0.1, 0.15) is 51.5 Å². The van der Waals surface area contributed by atoms with Crippen molar-refractivity contribution in [1.82, 2.24) is 4.90 Å². The van der Waals surface area contributed by atoms with Crippen LogP contribution in [0.4, 0.5) is 23.2 Å². The molecule has 1 N–H and O–H groups in total. The van der Waals surface area contributed by atoms with Crippen molar-refractivity contribution in [3.63, 3.8) is 0 Å². The Morgan fingerprint density at radius 3 is 2.39 bits per heavy atom. The van der Waals surface area contributed by atoms with Crippen LogP contribution in [0.2, 0.25) is 0 Å². The first-order chi connectivity index (χ1) is 13.2. The predicted molar refractivity (Wildman–Crippen MR) is 101 cm³/mol. The van der Waals surface area contributed by atoms with Gasteiger partial charge in [0.1, 0.15) is 12.0 Å². The number of likely N-dealkylation sites (tertiary alicyclic amines) is 1. The molecule has 1 amide bonds. The molecule has 1 aromatic carbocycles. The molecule has 0 bridgehead atoms. The van der Waals surface area contributed by atoms with Crippen LogP contribution in [0.15, 0.2) is 18.2 Å². The first-order valence-corrected chi connectivity index (χ1v) is 9.93. The van der Waals surface area contributed by atoms with Crippen LogP contribution in [0.5, 0.6) is 0 Å². The fourth-order valence-electron chi connectivity index (χ4n) is 4.35. The summed E-state index contributed by atoms with van der Waals surface area (Å²) in [5.41, 5.74) is -0.201. The Hall–Kier alpha value is -1.63. The number of hydrogen-bond acceptors (Lipinski definition) is 2. The number of anilines is 1. The van der Waals surface area contributed by atoms with E-state index in [1.54, 1.807) is 0 Å². The predicted octanol–water partition coefficient (Wildman–Crippen LogP) is 5.19. The van der Waals surface area contributed by atoms with Gasteiger partial charge in [0.15, 0.2) is 0 Å². The second-order valence-electron chi connectivity index (χ2n) is 8.77. The molecule has 1 saturated carbocycles. The number of carbonyl (C=O) groups excluding carboxylic acids is 1. The van der Waals surface area contributed by atoms with Crippen LogP contribution in [-0.4, -0.2) is 36.6 Å². The molecule has 1 aliphatic carbocycles. The number of alkyl halides is 3. The number of halogens is 4. The number of nitrogens with one attached hydrogen (secondary N) is 1. The van der Waals surface area contributed by atoms with Crippen LogP contribution in [-0.2, 0) is 4.79 Å². The van der Waals surface area contributed by atoms with Crippen molar-refractivity contribution in [1.29, 1.82) is 0 Å². The standard InChI is InChI=1S/C21H28F4N2O/c1-13(2)18(23)10-27-11-21(12-27)5-3-14(4-6-21)20(28)26-17-8-15(19(24)25)7-16(22)9-17/h7-9,13-14,18-19H,3-6,10-12H2,1-2H3,(H,26,28). The average Bonchev–Trinajstić information content (AvgIpc) is 2.60. The van der Waals surface area contributed by atoms with E-state index in [-0.39, 0.29) is 28.8 Å². The van der Waals surface area contributed by atoms with Crippen molar-refractivity contribution in [3.05, 3.63) is 29.6 Å². The summed E-state index contributed by atoms with van der Waals surface area (Å²) in [4.78, 5) is 14.6. The molecule has 2 fully saturated rings. The van der Waals surface area contributed by atoms with Gasteiger partial charge in [-0.2, -0.15) is 0 Å². The molecule has 3 nitrogen and oxygen atoms in total. The average molecular weight is 400 g/mol. The highest BCUT2D eigenvalue weighted by Gasteiger charge is 2.46. The van der Waals surface area contributed by atoms with E-state index in [1.807, 2.05) is 13.8 Å². The van der Waals surface area contributed by atoms with Crippen molar-refractivity contribution in [2.24, 2.45) is 17.3 Å². The Morgan fingerprint density at radius 1 is 1.18 bits per heavy atom. The van der Waals surface area contributed by atoms with Gasteiger partial charge in [0, 0.05) is 36.8 Å². The van der Waals surface area contributed by atoms with Gasteiger partial charge in [-0.3, -0.25) is 9.69 Å². The van der Waals surface area contributed by atoms with Crippen molar-refractivity contribution in [2.75, 3.05) is 25.0 Å². The highest BCUT2D eigenvalue weighted by Crippen LogP contribution is 2.46. The third-order valence-electron chi connectivity index (χ3n) is 6.13. The summed E-state index contributed by atoms with van der Waals surface area (Å²) >= 11 is 0. The molecule has 7 heteroatoms. The van der Waals surface area contributed by atoms with E-state index >= 15 is 0 Å². The SMILES string of the molecule is CC(C)C(F)CN1CC2(CCC(C(=O)Nc3cc(F)cc(C(F)F)c3)CC2)C1. The fourth-order valence-corrected chi connectivity index (χ4v) is 4.35. The lowest BCUT2D eigenvalue weighted by molar-refractivity contribution is -0.123. The number of amides is 1.